The molecule has 0 aliphatic heterocycles. The van der Waals surface area contributed by atoms with E-state index in [1.54, 1.807) is 0 Å². The number of hydrogen-bond acceptors (Lipinski definition) is 3. The maximum atomic E-state index is 9.60. The first-order valence-corrected chi connectivity index (χ1v) is 6.90. The molecule has 1 atom stereocenters. The van der Waals surface area contributed by atoms with Gasteiger partial charge in [0.1, 0.15) is 5.76 Å². The van der Waals surface area contributed by atoms with E-state index in [1.165, 1.54) is 5.56 Å². The molecule has 1 aromatic carbocycles. The van der Waals surface area contributed by atoms with Crippen molar-refractivity contribution in [3.05, 3.63) is 51.6 Å². The fraction of sp³-hybridized carbons (Fsp3) is 0.357. The van der Waals surface area contributed by atoms with E-state index in [-0.39, 0.29) is 6.10 Å². The van der Waals surface area contributed by atoms with Crippen molar-refractivity contribution in [2.75, 3.05) is 0 Å². The Kier molecular flexibility index (Phi) is 3.22. The van der Waals surface area contributed by atoms with Gasteiger partial charge in [0.25, 0.3) is 0 Å². The fourth-order valence-corrected chi connectivity index (χ4v) is 2.75. The molecule has 0 amide bonds. The minimum Gasteiger partial charge on any atom is -0.445 e. The van der Waals surface area contributed by atoms with Crippen LogP contribution in [0.2, 0.25) is 0 Å². The molecule has 1 aliphatic carbocycles. The Balaban J connectivity index is 1.82. The summed E-state index contributed by atoms with van der Waals surface area (Å²) in [4.78, 5) is 4.52. The molecular weight excluding hydrogens is 294 g/mol. The van der Waals surface area contributed by atoms with Crippen LogP contribution in [0.15, 0.2) is 33.2 Å². The van der Waals surface area contributed by atoms with Gasteiger partial charge in [0.2, 0.25) is 0 Å². The van der Waals surface area contributed by atoms with Crippen LogP contribution in [0.25, 0.3) is 0 Å². The Bertz CT molecular complexity index is 565. The van der Waals surface area contributed by atoms with Crippen molar-refractivity contribution in [1.82, 2.24) is 4.98 Å². The number of hydrogen-bond donors (Lipinski definition) is 1. The predicted molar refractivity (Wildman–Crippen MR) is 71.5 cm³/mol. The largest absolute Gasteiger partial charge is 0.445 e. The van der Waals surface area contributed by atoms with Crippen LogP contribution < -0.4 is 0 Å². The van der Waals surface area contributed by atoms with Gasteiger partial charge in [-0.1, -0.05) is 28.1 Å². The van der Waals surface area contributed by atoms with Gasteiger partial charge >= 0.3 is 0 Å². The van der Waals surface area contributed by atoms with E-state index < -0.39 is 0 Å². The lowest BCUT2D eigenvalue weighted by Gasteiger charge is -2.13. The lowest BCUT2D eigenvalue weighted by molar-refractivity contribution is 0.149. The van der Waals surface area contributed by atoms with Gasteiger partial charge in [0.05, 0.1) is 11.8 Å². The summed E-state index contributed by atoms with van der Waals surface area (Å²) in [7, 11) is 0. The highest BCUT2D eigenvalue weighted by Gasteiger charge is 2.22. The summed E-state index contributed by atoms with van der Waals surface area (Å²) in [5.41, 5.74) is 2.19. The fourth-order valence-electron chi connectivity index (χ4n) is 2.31. The number of oxazole rings is 1. The Morgan fingerprint density at radius 1 is 1.44 bits per heavy atom. The molecule has 94 valence electrons. The van der Waals surface area contributed by atoms with Gasteiger partial charge in [-0.25, -0.2) is 4.98 Å². The average Bonchev–Trinajstić information content (AvgIpc) is 2.70. The zero-order chi connectivity index (χ0) is 12.5. The first kappa shape index (κ1) is 11.9. The number of aliphatic hydroxyl groups is 1. The van der Waals surface area contributed by atoms with E-state index in [2.05, 4.69) is 33.0 Å². The standard InChI is InChI=1S/C14H14BrNO2/c15-10-3-1-2-9(6-10)7-14-16-12-5-4-11(17)8-13(12)18-14/h1-3,6,11,17H,4-5,7-8H2. The predicted octanol–water partition coefficient (Wildman–Crippen LogP) is 2.88. The third-order valence-corrected chi connectivity index (χ3v) is 3.70. The topological polar surface area (TPSA) is 46.3 Å². The van der Waals surface area contributed by atoms with E-state index in [0.29, 0.717) is 12.8 Å². The van der Waals surface area contributed by atoms with Crippen molar-refractivity contribution in [2.24, 2.45) is 0 Å². The van der Waals surface area contributed by atoms with Gasteiger partial charge in [-0.3, -0.25) is 0 Å². The van der Waals surface area contributed by atoms with Crippen molar-refractivity contribution in [3.63, 3.8) is 0 Å². The molecule has 3 rings (SSSR count). The monoisotopic (exact) mass is 307 g/mol. The molecule has 4 heteroatoms. The summed E-state index contributed by atoms with van der Waals surface area (Å²) in [5, 5.41) is 9.60. The summed E-state index contributed by atoms with van der Waals surface area (Å²) in [6.07, 6.45) is 2.63. The lowest BCUT2D eigenvalue weighted by Crippen LogP contribution is -2.17. The molecule has 0 spiro atoms. The number of rotatable bonds is 2. The van der Waals surface area contributed by atoms with Gasteiger partial charge in [-0.05, 0) is 30.5 Å². The second kappa shape index (κ2) is 4.86. The quantitative estimate of drug-likeness (QED) is 0.928. The van der Waals surface area contributed by atoms with Gasteiger partial charge in [-0.15, -0.1) is 0 Å². The van der Waals surface area contributed by atoms with Gasteiger partial charge in [0, 0.05) is 17.3 Å². The van der Waals surface area contributed by atoms with Gasteiger partial charge in [-0.2, -0.15) is 0 Å². The summed E-state index contributed by atoms with van der Waals surface area (Å²) in [5.74, 6) is 1.60. The SMILES string of the molecule is OC1CCc2nc(Cc3cccc(Br)c3)oc2C1. The van der Waals surface area contributed by atoms with Crippen LogP contribution in [0, 0.1) is 0 Å². The number of fused-ring (bicyclic) bond motifs is 1. The van der Waals surface area contributed by atoms with E-state index in [4.69, 9.17) is 4.42 Å². The molecule has 1 unspecified atom stereocenters. The highest BCUT2D eigenvalue weighted by molar-refractivity contribution is 9.10. The van der Waals surface area contributed by atoms with Crippen LogP contribution in [0.5, 0.6) is 0 Å². The third-order valence-electron chi connectivity index (χ3n) is 3.20. The zero-order valence-electron chi connectivity index (χ0n) is 9.90. The molecule has 1 heterocycles. The van der Waals surface area contributed by atoms with Gasteiger partial charge in [0.15, 0.2) is 5.89 Å². The molecule has 18 heavy (non-hydrogen) atoms. The van der Waals surface area contributed by atoms with Crippen LogP contribution in [-0.4, -0.2) is 16.2 Å². The Hall–Kier alpha value is -1.13. The molecule has 1 N–H and O–H groups in total. The first-order valence-electron chi connectivity index (χ1n) is 6.10. The number of aryl methyl sites for hydroxylation is 1. The highest BCUT2D eigenvalue weighted by Crippen LogP contribution is 2.23. The number of aromatic nitrogens is 1. The van der Waals surface area contributed by atoms with Gasteiger partial charge < -0.3 is 9.52 Å². The molecule has 0 radical (unpaired) electrons. The Morgan fingerprint density at radius 3 is 3.17 bits per heavy atom. The molecule has 0 bridgehead atoms. The van der Waals surface area contributed by atoms with Crippen LogP contribution >= 0.6 is 15.9 Å². The highest BCUT2D eigenvalue weighted by atomic mass is 79.9. The van der Waals surface area contributed by atoms with Crippen LogP contribution in [0.1, 0.15) is 29.3 Å². The maximum Gasteiger partial charge on any atom is 0.199 e. The van der Waals surface area contributed by atoms with Crippen molar-refractivity contribution < 1.29 is 9.52 Å². The molecule has 3 nitrogen and oxygen atoms in total. The normalized spacial score (nSPS) is 18.7. The molecule has 0 saturated carbocycles. The Labute approximate surface area is 114 Å². The summed E-state index contributed by atoms with van der Waals surface area (Å²) in [6.45, 7) is 0. The maximum absolute atomic E-state index is 9.60. The van der Waals surface area contributed by atoms with Crippen molar-refractivity contribution in [3.8, 4) is 0 Å². The molecule has 2 aromatic rings. The third kappa shape index (κ3) is 2.49. The van der Waals surface area contributed by atoms with E-state index >= 15 is 0 Å². The lowest BCUT2D eigenvalue weighted by atomic mass is 9.99. The van der Waals surface area contributed by atoms with E-state index in [0.717, 1.165) is 34.7 Å². The van der Waals surface area contributed by atoms with E-state index in [9.17, 15) is 5.11 Å². The number of aliphatic hydroxyl groups excluding tert-OH is 1. The first-order chi connectivity index (χ1) is 8.70. The summed E-state index contributed by atoms with van der Waals surface area (Å²) >= 11 is 3.46. The molecule has 1 aliphatic rings. The van der Waals surface area contributed by atoms with Crippen molar-refractivity contribution in [2.45, 2.75) is 31.8 Å². The number of nitrogens with zero attached hydrogens (tertiary/aromatic N) is 1. The minimum absolute atomic E-state index is 0.274. The summed E-state index contributed by atoms with van der Waals surface area (Å²) in [6, 6.07) is 8.13. The van der Waals surface area contributed by atoms with Crippen LogP contribution in [0.3, 0.4) is 0 Å². The van der Waals surface area contributed by atoms with Crippen molar-refractivity contribution >= 4 is 15.9 Å². The van der Waals surface area contributed by atoms with Crippen LogP contribution in [-0.2, 0) is 19.3 Å². The van der Waals surface area contributed by atoms with Crippen LogP contribution in [0.4, 0.5) is 0 Å². The smallest absolute Gasteiger partial charge is 0.199 e. The minimum atomic E-state index is -0.274. The molecule has 1 aromatic heterocycles. The average molecular weight is 308 g/mol. The zero-order valence-corrected chi connectivity index (χ0v) is 11.5. The van der Waals surface area contributed by atoms with Crippen molar-refractivity contribution in [1.29, 1.82) is 0 Å². The number of halogens is 1. The second-order valence-electron chi connectivity index (χ2n) is 4.68. The molecular formula is C14H14BrNO2. The second-order valence-corrected chi connectivity index (χ2v) is 5.60. The molecule has 0 saturated heterocycles. The molecule has 0 fully saturated rings. The number of benzene rings is 1. The van der Waals surface area contributed by atoms with E-state index in [1.807, 2.05) is 12.1 Å². The summed E-state index contributed by atoms with van der Waals surface area (Å²) < 4.78 is 6.80. The Morgan fingerprint density at radius 2 is 2.33 bits per heavy atom.